The molecule has 0 aliphatic heterocycles. The maximum Gasteiger partial charge on any atom is 0.483 e. The lowest BCUT2D eigenvalue weighted by molar-refractivity contribution is 0.0892. The van der Waals surface area contributed by atoms with Crippen molar-refractivity contribution < 1.29 is 35.2 Å². The first-order valence-corrected chi connectivity index (χ1v) is 11.0. The quantitative estimate of drug-likeness (QED) is 0.129. The Balaban J connectivity index is 2.16. The van der Waals surface area contributed by atoms with Gasteiger partial charge in [-0.1, -0.05) is 38.5 Å². The van der Waals surface area contributed by atoms with E-state index >= 15 is 0 Å². The molecule has 1 atom stereocenters. The smallest absolute Gasteiger partial charge is 0.379 e. The highest BCUT2D eigenvalue weighted by atomic mass is 28.3. The summed E-state index contributed by atoms with van der Waals surface area (Å²) >= 11 is 0. The van der Waals surface area contributed by atoms with E-state index in [0.29, 0.717) is 12.8 Å². The molecule has 3 nitrogen and oxygen atoms in total. The lowest BCUT2D eigenvalue weighted by Gasteiger charge is -2.17. The van der Waals surface area contributed by atoms with E-state index in [-0.39, 0.29) is 12.5 Å². The van der Waals surface area contributed by atoms with Crippen molar-refractivity contribution in [3.8, 4) is 0 Å². The van der Waals surface area contributed by atoms with Crippen molar-refractivity contribution >= 4 is 9.53 Å². The molecule has 0 amide bonds. The first-order valence-electron chi connectivity index (χ1n) is 9.54. The van der Waals surface area contributed by atoms with Gasteiger partial charge in [0.15, 0.2) is 23.3 Å². The van der Waals surface area contributed by atoms with Crippen LogP contribution in [0.1, 0.15) is 63.9 Å². The van der Waals surface area contributed by atoms with Crippen LogP contribution in [0.4, 0.5) is 22.0 Å². The lowest BCUT2D eigenvalue weighted by atomic mass is 10.0. The lowest BCUT2D eigenvalue weighted by Crippen LogP contribution is -2.28. The monoisotopic (exact) mass is 428 g/mol. The normalized spacial score (nSPS) is 12.8. The van der Waals surface area contributed by atoms with Crippen LogP contribution in [-0.2, 0) is 19.7 Å². The van der Waals surface area contributed by atoms with Crippen molar-refractivity contribution in [3.63, 3.8) is 0 Å². The molecule has 0 fully saturated rings. The number of unbranched alkanes of at least 4 members (excludes halogenated alkanes) is 6. The Kier molecular flexibility index (Phi) is 11.8. The van der Waals surface area contributed by atoms with Gasteiger partial charge in [0.1, 0.15) is 0 Å². The van der Waals surface area contributed by atoms with E-state index in [9.17, 15) is 22.0 Å². The Morgan fingerprint density at radius 1 is 0.679 bits per heavy atom. The summed E-state index contributed by atoms with van der Waals surface area (Å²) in [5.41, 5.74) is -0.723. The maximum atomic E-state index is 13.6. The molecule has 1 rings (SSSR count). The van der Waals surface area contributed by atoms with E-state index in [1.54, 1.807) is 14.2 Å². The zero-order valence-electron chi connectivity index (χ0n) is 16.6. The summed E-state index contributed by atoms with van der Waals surface area (Å²) in [6.45, 7) is 1.98. The number of benzene rings is 1. The van der Waals surface area contributed by atoms with Crippen molar-refractivity contribution in [2.24, 2.45) is 0 Å². The average molecular weight is 429 g/mol. The summed E-state index contributed by atoms with van der Waals surface area (Å²) in [6, 6.07) is 0. The molecule has 0 radical (unpaired) electrons. The van der Waals surface area contributed by atoms with E-state index < -0.39 is 44.2 Å². The molecule has 0 N–H and O–H groups in total. The Morgan fingerprint density at radius 3 is 1.61 bits per heavy atom. The predicted octanol–water partition coefficient (Wildman–Crippen LogP) is 5.46. The van der Waals surface area contributed by atoms with Gasteiger partial charge in [-0.15, -0.1) is 0 Å². The van der Waals surface area contributed by atoms with Crippen molar-refractivity contribution in [3.05, 3.63) is 34.6 Å². The summed E-state index contributed by atoms with van der Waals surface area (Å²) in [5, 5.41) is 0. The van der Waals surface area contributed by atoms with Gasteiger partial charge in [0.05, 0.1) is 0 Å². The molecule has 0 aromatic heterocycles. The molecular formula is C19H29F5O3Si. The third kappa shape index (κ3) is 7.77. The molecule has 1 aromatic rings. The average Bonchev–Trinajstić information content (AvgIpc) is 2.69. The van der Waals surface area contributed by atoms with Crippen LogP contribution in [-0.4, -0.2) is 29.9 Å². The molecule has 162 valence electrons. The van der Waals surface area contributed by atoms with E-state index in [2.05, 4.69) is 0 Å². The van der Waals surface area contributed by atoms with E-state index in [1.807, 2.05) is 6.92 Å². The topological polar surface area (TPSA) is 27.7 Å². The Morgan fingerprint density at radius 2 is 1.11 bits per heavy atom. The molecule has 1 unspecified atom stereocenters. The molecule has 0 aliphatic rings. The van der Waals surface area contributed by atoms with Crippen molar-refractivity contribution in [1.29, 1.82) is 0 Å². The van der Waals surface area contributed by atoms with Gasteiger partial charge < -0.3 is 13.3 Å². The summed E-state index contributed by atoms with van der Waals surface area (Å²) in [6.07, 6.45) is 6.77. The highest BCUT2D eigenvalue weighted by molar-refractivity contribution is 6.36. The predicted molar refractivity (Wildman–Crippen MR) is 98.6 cm³/mol. The molecule has 0 saturated heterocycles. The second-order valence-corrected chi connectivity index (χ2v) is 8.56. The van der Waals surface area contributed by atoms with Crippen LogP contribution < -0.4 is 0 Å². The van der Waals surface area contributed by atoms with Crippen LogP contribution in [0.25, 0.3) is 0 Å². The Bertz CT molecular complexity index is 570. The van der Waals surface area contributed by atoms with Crippen molar-refractivity contribution in [1.82, 2.24) is 0 Å². The second kappa shape index (κ2) is 13.2. The first kappa shape index (κ1) is 25.0. The molecular weight excluding hydrogens is 399 g/mol. The summed E-state index contributed by atoms with van der Waals surface area (Å²) in [4.78, 5) is 0. The summed E-state index contributed by atoms with van der Waals surface area (Å²) < 4.78 is 82.2. The number of hydrogen-bond acceptors (Lipinski definition) is 3. The molecule has 9 heteroatoms. The molecule has 0 bridgehead atoms. The molecule has 0 heterocycles. The van der Waals surface area contributed by atoms with Crippen LogP contribution in [0.3, 0.4) is 0 Å². The van der Waals surface area contributed by atoms with Gasteiger partial charge in [-0.25, -0.2) is 22.0 Å². The summed E-state index contributed by atoms with van der Waals surface area (Å²) in [7, 11) is 1.14. The van der Waals surface area contributed by atoms with Crippen LogP contribution in [0.5, 0.6) is 0 Å². The number of hydrogen-bond donors (Lipinski definition) is 0. The van der Waals surface area contributed by atoms with Gasteiger partial charge >= 0.3 is 9.53 Å². The molecule has 0 spiro atoms. The highest BCUT2D eigenvalue weighted by Gasteiger charge is 2.25. The minimum Gasteiger partial charge on any atom is -0.379 e. The molecule has 0 aliphatic carbocycles. The number of rotatable bonds is 14. The molecule has 0 saturated carbocycles. The largest absolute Gasteiger partial charge is 0.483 e. The summed E-state index contributed by atoms with van der Waals surface area (Å²) in [5.74, 6) is -9.31. The third-order valence-corrected chi connectivity index (χ3v) is 6.02. The number of halogens is 5. The minimum absolute atomic E-state index is 0.0814. The van der Waals surface area contributed by atoms with Crippen molar-refractivity contribution in [2.45, 2.75) is 70.8 Å². The van der Waals surface area contributed by atoms with Crippen molar-refractivity contribution in [2.75, 3.05) is 14.2 Å². The van der Waals surface area contributed by atoms with Crippen LogP contribution in [0.15, 0.2) is 0 Å². The highest BCUT2D eigenvalue weighted by Crippen LogP contribution is 2.24. The SMILES string of the molecule is CO[SiH](OC)OC(C)CCCCCCCCCc1c(F)c(F)c(F)c(F)c1F. The van der Waals surface area contributed by atoms with Gasteiger partial charge in [0, 0.05) is 25.9 Å². The third-order valence-electron chi connectivity index (χ3n) is 4.57. The fraction of sp³-hybridized carbons (Fsp3) is 0.684. The maximum absolute atomic E-state index is 13.6. The zero-order chi connectivity index (χ0) is 21.1. The first-order chi connectivity index (χ1) is 13.3. The van der Waals surface area contributed by atoms with Gasteiger partial charge in [-0.2, -0.15) is 0 Å². The van der Waals surface area contributed by atoms with Crippen LogP contribution in [0.2, 0.25) is 0 Å². The fourth-order valence-corrected chi connectivity index (χ4v) is 3.88. The zero-order valence-corrected chi connectivity index (χ0v) is 17.8. The standard InChI is InChI=1S/C19H29F5O3Si/c1-13(27-28(25-2)26-3)11-9-7-5-4-6-8-10-12-14-15(20)17(22)19(24)18(23)16(14)21/h13,28H,4-12H2,1-3H3. The van der Waals surface area contributed by atoms with Crippen LogP contribution >= 0.6 is 0 Å². The molecule has 28 heavy (non-hydrogen) atoms. The second-order valence-electron chi connectivity index (χ2n) is 6.77. The van der Waals surface area contributed by atoms with Crippen LogP contribution in [0, 0.1) is 29.1 Å². The molecule has 1 aromatic carbocycles. The van der Waals surface area contributed by atoms with E-state index in [4.69, 9.17) is 13.3 Å². The van der Waals surface area contributed by atoms with Gasteiger partial charge in [-0.3, -0.25) is 0 Å². The Labute approximate surface area is 165 Å². The fourth-order valence-electron chi connectivity index (χ4n) is 2.95. The van der Waals surface area contributed by atoms with Gasteiger partial charge in [0.25, 0.3) is 0 Å². The Hall–Kier alpha value is -1.03. The minimum atomic E-state index is -2.11. The van der Waals surface area contributed by atoms with E-state index in [0.717, 1.165) is 38.5 Å². The van der Waals surface area contributed by atoms with Gasteiger partial charge in [0.2, 0.25) is 5.82 Å². The van der Waals surface area contributed by atoms with Gasteiger partial charge in [-0.05, 0) is 26.2 Å². The van der Waals surface area contributed by atoms with E-state index in [1.165, 1.54) is 0 Å².